The quantitative estimate of drug-likeness (QED) is 0.553. The summed E-state index contributed by atoms with van der Waals surface area (Å²) in [5, 5.41) is 1.17. The third-order valence-electron chi connectivity index (χ3n) is 2.89. The fourth-order valence-corrected chi connectivity index (χ4v) is 1.99. The molecule has 0 atom stereocenters. The zero-order valence-corrected chi connectivity index (χ0v) is 12.4. The smallest absolute Gasteiger partial charge is 0.0366 e. The van der Waals surface area contributed by atoms with Gasteiger partial charge in [-0.05, 0) is 11.5 Å². The van der Waals surface area contributed by atoms with Gasteiger partial charge in [0.2, 0.25) is 0 Å². The van der Waals surface area contributed by atoms with Gasteiger partial charge < -0.3 is 0 Å². The molecule has 1 aromatic heterocycles. The van der Waals surface area contributed by atoms with Gasteiger partial charge in [-0.15, -0.1) is 35.4 Å². The van der Waals surface area contributed by atoms with E-state index in [2.05, 4.69) is 54.4 Å². The second kappa shape index (κ2) is 5.43. The Bertz CT molecular complexity index is 654. The van der Waals surface area contributed by atoms with Gasteiger partial charge in [-0.2, -0.15) is 0 Å². The molecule has 0 aliphatic rings. The van der Waals surface area contributed by atoms with Crippen LogP contribution in [0, 0.1) is 13.0 Å². The summed E-state index contributed by atoms with van der Waals surface area (Å²) < 4.78 is 0. The zero-order valence-electron chi connectivity index (χ0n) is 9.98. The molecule has 3 rings (SSSR count). The number of para-hydroxylation sites is 1. The van der Waals surface area contributed by atoms with Crippen molar-refractivity contribution in [3.05, 3.63) is 66.4 Å². The first kappa shape index (κ1) is 12.9. The topological polar surface area (TPSA) is 12.9 Å². The molecule has 0 amide bonds. The SMILES string of the molecule is Cc1c[c-]c(-c2cccc3cccnc23)cc1.[Ir]. The molecular formula is C16H12IrN-. The Morgan fingerprint density at radius 3 is 2.61 bits per heavy atom. The predicted molar refractivity (Wildman–Crippen MR) is 70.8 cm³/mol. The van der Waals surface area contributed by atoms with E-state index < -0.39 is 0 Å². The normalized spacial score (nSPS) is 10.1. The number of hydrogen-bond donors (Lipinski definition) is 0. The van der Waals surface area contributed by atoms with Gasteiger partial charge in [0, 0.05) is 31.8 Å². The standard InChI is InChI=1S/C16H12N.Ir/c1-12-7-9-13(10-8-12)15-6-2-4-14-5-3-11-17-16(14)15;/h2-9,11H,1H3;/q-1;. The van der Waals surface area contributed by atoms with Crippen molar-refractivity contribution in [1.82, 2.24) is 4.98 Å². The molecule has 1 heterocycles. The molecule has 0 aliphatic carbocycles. The Kier molecular flexibility index (Phi) is 3.90. The number of aryl methyl sites for hydroxylation is 1. The summed E-state index contributed by atoms with van der Waals surface area (Å²) in [7, 11) is 0. The summed E-state index contributed by atoms with van der Waals surface area (Å²) in [6.45, 7) is 2.07. The van der Waals surface area contributed by atoms with E-state index >= 15 is 0 Å². The van der Waals surface area contributed by atoms with Crippen LogP contribution in [-0.2, 0) is 20.1 Å². The Labute approximate surface area is 120 Å². The fraction of sp³-hybridized carbons (Fsp3) is 0.0625. The Balaban J connectivity index is 0.00000120. The summed E-state index contributed by atoms with van der Waals surface area (Å²) in [6, 6.07) is 19.8. The number of fused-ring (bicyclic) bond motifs is 1. The minimum Gasteiger partial charge on any atom is -0.266 e. The van der Waals surface area contributed by atoms with Crippen molar-refractivity contribution in [2.75, 3.05) is 0 Å². The van der Waals surface area contributed by atoms with E-state index in [4.69, 9.17) is 0 Å². The zero-order chi connectivity index (χ0) is 11.7. The van der Waals surface area contributed by atoms with E-state index in [9.17, 15) is 0 Å². The van der Waals surface area contributed by atoms with E-state index in [1.165, 1.54) is 10.9 Å². The summed E-state index contributed by atoms with van der Waals surface area (Å²) in [6.07, 6.45) is 1.83. The van der Waals surface area contributed by atoms with E-state index in [1.54, 1.807) is 0 Å². The average Bonchev–Trinajstić information content (AvgIpc) is 2.39. The van der Waals surface area contributed by atoms with Gasteiger partial charge in [0.15, 0.2) is 0 Å². The van der Waals surface area contributed by atoms with Gasteiger partial charge in [-0.3, -0.25) is 4.98 Å². The third kappa shape index (κ3) is 2.35. The molecule has 0 aliphatic heterocycles. The molecule has 0 saturated heterocycles. The Hall–Kier alpha value is -1.50. The van der Waals surface area contributed by atoms with Crippen molar-refractivity contribution in [2.45, 2.75) is 6.92 Å². The summed E-state index contributed by atoms with van der Waals surface area (Å²) >= 11 is 0. The Morgan fingerprint density at radius 1 is 1.00 bits per heavy atom. The number of benzene rings is 2. The van der Waals surface area contributed by atoms with Gasteiger partial charge in [-0.1, -0.05) is 36.8 Å². The van der Waals surface area contributed by atoms with Gasteiger partial charge >= 0.3 is 0 Å². The van der Waals surface area contributed by atoms with Crippen LogP contribution < -0.4 is 0 Å². The summed E-state index contributed by atoms with van der Waals surface area (Å²) in [5.74, 6) is 0. The first-order valence-electron chi connectivity index (χ1n) is 5.67. The third-order valence-corrected chi connectivity index (χ3v) is 2.89. The van der Waals surface area contributed by atoms with Crippen LogP contribution in [0.1, 0.15) is 5.56 Å². The maximum atomic E-state index is 4.46. The number of nitrogens with zero attached hydrogens (tertiary/aromatic N) is 1. The molecule has 1 radical (unpaired) electrons. The first-order valence-corrected chi connectivity index (χ1v) is 5.67. The summed E-state index contributed by atoms with van der Waals surface area (Å²) in [5.41, 5.74) is 4.50. The van der Waals surface area contributed by atoms with Gasteiger partial charge in [0.05, 0.1) is 0 Å². The van der Waals surface area contributed by atoms with Crippen LogP contribution in [0.2, 0.25) is 0 Å². The van der Waals surface area contributed by atoms with Crippen LogP contribution in [0.15, 0.2) is 54.7 Å². The van der Waals surface area contributed by atoms with Crippen LogP contribution in [-0.4, -0.2) is 4.98 Å². The molecule has 18 heavy (non-hydrogen) atoms. The minimum absolute atomic E-state index is 0. The molecule has 1 nitrogen and oxygen atoms in total. The van der Waals surface area contributed by atoms with Crippen molar-refractivity contribution in [3.63, 3.8) is 0 Å². The molecular weight excluding hydrogens is 398 g/mol. The van der Waals surface area contributed by atoms with Crippen LogP contribution in [0.5, 0.6) is 0 Å². The predicted octanol–water partition coefficient (Wildman–Crippen LogP) is 4.01. The molecule has 91 valence electrons. The second-order valence-corrected chi connectivity index (χ2v) is 4.16. The fourth-order valence-electron chi connectivity index (χ4n) is 1.99. The van der Waals surface area contributed by atoms with E-state index in [0.717, 1.165) is 16.6 Å². The number of aromatic nitrogens is 1. The Morgan fingerprint density at radius 2 is 1.83 bits per heavy atom. The van der Waals surface area contributed by atoms with Crippen LogP contribution in [0.3, 0.4) is 0 Å². The number of pyridine rings is 1. The molecule has 3 aromatic rings. The van der Waals surface area contributed by atoms with E-state index in [-0.39, 0.29) is 20.1 Å². The maximum Gasteiger partial charge on any atom is 0.0366 e. The number of rotatable bonds is 1. The molecule has 0 saturated carbocycles. The molecule has 2 aromatic carbocycles. The van der Waals surface area contributed by atoms with Crippen LogP contribution in [0.25, 0.3) is 22.0 Å². The molecule has 0 spiro atoms. The van der Waals surface area contributed by atoms with Crippen molar-refractivity contribution in [3.8, 4) is 11.1 Å². The number of hydrogen-bond acceptors (Lipinski definition) is 1. The van der Waals surface area contributed by atoms with Gasteiger partial charge in [-0.25, -0.2) is 0 Å². The van der Waals surface area contributed by atoms with E-state index in [1.807, 2.05) is 18.3 Å². The second-order valence-electron chi connectivity index (χ2n) is 4.16. The molecule has 0 N–H and O–H groups in total. The van der Waals surface area contributed by atoms with Gasteiger partial charge in [0.1, 0.15) is 0 Å². The van der Waals surface area contributed by atoms with Gasteiger partial charge in [0.25, 0.3) is 0 Å². The van der Waals surface area contributed by atoms with E-state index in [0.29, 0.717) is 0 Å². The maximum absolute atomic E-state index is 4.46. The monoisotopic (exact) mass is 411 g/mol. The van der Waals surface area contributed by atoms with Crippen molar-refractivity contribution in [2.24, 2.45) is 0 Å². The molecule has 0 unspecified atom stereocenters. The van der Waals surface area contributed by atoms with Crippen LogP contribution in [0.4, 0.5) is 0 Å². The van der Waals surface area contributed by atoms with Crippen molar-refractivity contribution in [1.29, 1.82) is 0 Å². The first-order chi connectivity index (χ1) is 8.34. The average molecular weight is 410 g/mol. The molecule has 0 bridgehead atoms. The molecule has 2 heteroatoms. The molecule has 0 fully saturated rings. The largest absolute Gasteiger partial charge is 0.266 e. The van der Waals surface area contributed by atoms with Crippen molar-refractivity contribution >= 4 is 10.9 Å². The minimum atomic E-state index is 0. The summed E-state index contributed by atoms with van der Waals surface area (Å²) in [4.78, 5) is 4.46. The van der Waals surface area contributed by atoms with Crippen LogP contribution >= 0.6 is 0 Å². The van der Waals surface area contributed by atoms with Crippen molar-refractivity contribution < 1.29 is 20.1 Å².